The Labute approximate surface area is 148 Å². The van der Waals surface area contributed by atoms with Gasteiger partial charge in [-0.1, -0.05) is 35.5 Å². The van der Waals surface area contributed by atoms with Gasteiger partial charge in [0.15, 0.2) is 0 Å². The van der Waals surface area contributed by atoms with E-state index in [1.165, 1.54) is 0 Å². The van der Waals surface area contributed by atoms with E-state index in [1.54, 1.807) is 0 Å². The fraction of sp³-hybridized carbons (Fsp3) is 0.500. The van der Waals surface area contributed by atoms with Crippen LogP contribution >= 0.6 is 0 Å². The van der Waals surface area contributed by atoms with Gasteiger partial charge in [-0.2, -0.15) is 0 Å². The number of aromatic nitrogens is 1. The molecule has 0 spiro atoms. The highest BCUT2D eigenvalue weighted by Gasteiger charge is 2.18. The molecule has 1 aromatic heterocycles. The number of rotatable bonds is 8. The van der Waals surface area contributed by atoms with Gasteiger partial charge < -0.3 is 14.2 Å². The lowest BCUT2D eigenvalue weighted by Crippen LogP contribution is -2.28. The minimum absolute atomic E-state index is 0.193. The molecule has 0 unspecified atom stereocenters. The monoisotopic (exact) mass is 342 g/mol. The first-order chi connectivity index (χ1) is 12.2. The maximum absolute atomic E-state index is 12.2. The molecule has 1 aliphatic heterocycles. The van der Waals surface area contributed by atoms with Crippen LogP contribution in [0.1, 0.15) is 37.9 Å². The minimum Gasteiger partial charge on any atom is -0.378 e. The first kappa shape index (κ1) is 17.7. The number of hydrogen-bond acceptors (Lipinski definition) is 4. The predicted octanol–water partition coefficient (Wildman–Crippen LogP) is 3.69. The average molecular weight is 342 g/mol. The van der Waals surface area contributed by atoms with E-state index in [1.807, 2.05) is 48.3 Å². The number of nitrogens with zero attached hydrogens (tertiary/aromatic N) is 2. The first-order valence-corrected chi connectivity index (χ1v) is 9.09. The van der Waals surface area contributed by atoms with Crippen LogP contribution in [0.15, 0.2) is 40.9 Å². The van der Waals surface area contributed by atoms with Crippen molar-refractivity contribution in [1.82, 2.24) is 10.1 Å². The van der Waals surface area contributed by atoms with Crippen LogP contribution in [0.25, 0.3) is 11.3 Å². The Bertz CT molecular complexity index is 663. The Morgan fingerprint density at radius 2 is 2.16 bits per heavy atom. The zero-order chi connectivity index (χ0) is 17.5. The summed E-state index contributed by atoms with van der Waals surface area (Å²) in [7, 11) is 1.87. The molecule has 1 atom stereocenters. The molecule has 1 aliphatic rings. The van der Waals surface area contributed by atoms with Gasteiger partial charge in [-0.15, -0.1) is 0 Å². The molecule has 1 aromatic carbocycles. The van der Waals surface area contributed by atoms with Crippen molar-refractivity contribution < 1.29 is 14.1 Å². The van der Waals surface area contributed by atoms with Crippen molar-refractivity contribution in [3.63, 3.8) is 0 Å². The van der Waals surface area contributed by atoms with E-state index < -0.39 is 0 Å². The van der Waals surface area contributed by atoms with Crippen LogP contribution in [-0.4, -0.2) is 42.3 Å². The Morgan fingerprint density at radius 1 is 1.32 bits per heavy atom. The summed E-state index contributed by atoms with van der Waals surface area (Å²) >= 11 is 0. The van der Waals surface area contributed by atoms with Crippen LogP contribution < -0.4 is 0 Å². The largest absolute Gasteiger partial charge is 0.378 e. The van der Waals surface area contributed by atoms with Crippen LogP contribution in [0.3, 0.4) is 0 Å². The molecule has 1 saturated heterocycles. The lowest BCUT2D eigenvalue weighted by atomic mass is 10.1. The molecule has 2 aromatic rings. The second-order valence-electron chi connectivity index (χ2n) is 6.64. The van der Waals surface area contributed by atoms with Crippen molar-refractivity contribution in [3.05, 3.63) is 42.2 Å². The standard InChI is InChI=1S/C20H26N2O3/c1-22(20(23)12-11-17-10-6-14-24-17)13-5-9-18-15-19(21-25-18)16-7-3-2-4-8-16/h2-4,7-8,15,17H,5-6,9-14H2,1H3/t17-/m0/s1. The normalized spacial score (nSPS) is 16.9. The summed E-state index contributed by atoms with van der Waals surface area (Å²) in [5.74, 6) is 1.05. The van der Waals surface area contributed by atoms with E-state index in [9.17, 15) is 4.79 Å². The summed E-state index contributed by atoms with van der Waals surface area (Å²) in [5.41, 5.74) is 1.91. The Morgan fingerprint density at radius 3 is 2.92 bits per heavy atom. The second-order valence-corrected chi connectivity index (χ2v) is 6.64. The Hall–Kier alpha value is -2.14. The Kier molecular flexibility index (Phi) is 6.23. The lowest BCUT2D eigenvalue weighted by molar-refractivity contribution is -0.130. The fourth-order valence-electron chi connectivity index (χ4n) is 3.14. The molecule has 134 valence electrons. The van der Waals surface area contributed by atoms with Gasteiger partial charge in [0.2, 0.25) is 5.91 Å². The molecule has 0 radical (unpaired) electrons. The molecule has 1 fully saturated rings. The molecule has 0 aliphatic carbocycles. The van der Waals surface area contributed by atoms with Gasteiger partial charge in [-0.25, -0.2) is 0 Å². The van der Waals surface area contributed by atoms with Crippen LogP contribution in [0.5, 0.6) is 0 Å². The fourth-order valence-corrected chi connectivity index (χ4v) is 3.14. The molecule has 3 rings (SSSR count). The Balaban J connectivity index is 1.38. The van der Waals surface area contributed by atoms with Crippen LogP contribution in [0.4, 0.5) is 0 Å². The molecule has 25 heavy (non-hydrogen) atoms. The van der Waals surface area contributed by atoms with Crippen molar-refractivity contribution >= 4 is 5.91 Å². The molecule has 0 bridgehead atoms. The van der Waals surface area contributed by atoms with Crippen LogP contribution in [-0.2, 0) is 16.0 Å². The lowest BCUT2D eigenvalue weighted by Gasteiger charge is -2.17. The number of carbonyl (C=O) groups is 1. The van der Waals surface area contributed by atoms with E-state index in [-0.39, 0.29) is 12.0 Å². The molecule has 0 N–H and O–H groups in total. The van der Waals surface area contributed by atoms with E-state index in [4.69, 9.17) is 9.26 Å². The quantitative estimate of drug-likeness (QED) is 0.734. The third-order valence-electron chi connectivity index (χ3n) is 4.68. The summed E-state index contributed by atoms with van der Waals surface area (Å²) in [6, 6.07) is 12.0. The number of benzene rings is 1. The van der Waals surface area contributed by atoms with Crippen LogP contribution in [0, 0.1) is 0 Å². The predicted molar refractivity (Wildman–Crippen MR) is 96.1 cm³/mol. The van der Waals surface area contributed by atoms with Crippen molar-refractivity contribution in [2.45, 2.75) is 44.6 Å². The van der Waals surface area contributed by atoms with Gasteiger partial charge in [0.25, 0.3) is 0 Å². The van der Waals surface area contributed by atoms with Crippen LogP contribution in [0.2, 0.25) is 0 Å². The first-order valence-electron chi connectivity index (χ1n) is 9.09. The zero-order valence-electron chi connectivity index (χ0n) is 14.8. The molecular formula is C20H26N2O3. The van der Waals surface area contributed by atoms with Gasteiger partial charge >= 0.3 is 0 Å². The maximum Gasteiger partial charge on any atom is 0.222 e. The summed E-state index contributed by atoms with van der Waals surface area (Å²) in [4.78, 5) is 14.0. The van der Waals surface area contributed by atoms with Crippen molar-refractivity contribution in [2.24, 2.45) is 0 Å². The number of ether oxygens (including phenoxy) is 1. The molecule has 1 amide bonds. The van der Waals surface area contributed by atoms with E-state index >= 15 is 0 Å². The topological polar surface area (TPSA) is 55.6 Å². The molecule has 5 heteroatoms. The highest BCUT2D eigenvalue weighted by atomic mass is 16.5. The molecule has 0 saturated carbocycles. The summed E-state index contributed by atoms with van der Waals surface area (Å²) < 4.78 is 11.0. The van der Waals surface area contributed by atoms with Gasteiger partial charge in [0, 0.05) is 44.7 Å². The highest BCUT2D eigenvalue weighted by molar-refractivity contribution is 5.75. The van der Waals surface area contributed by atoms with Crippen molar-refractivity contribution in [3.8, 4) is 11.3 Å². The molecular weight excluding hydrogens is 316 g/mol. The third-order valence-corrected chi connectivity index (χ3v) is 4.68. The van der Waals surface area contributed by atoms with Crippen molar-refractivity contribution in [2.75, 3.05) is 20.2 Å². The summed E-state index contributed by atoms with van der Waals surface area (Å²) in [5, 5.41) is 4.12. The smallest absolute Gasteiger partial charge is 0.222 e. The number of amides is 1. The van der Waals surface area contributed by atoms with E-state index in [0.29, 0.717) is 6.42 Å². The molecule has 5 nitrogen and oxygen atoms in total. The van der Waals surface area contributed by atoms with E-state index in [2.05, 4.69) is 5.16 Å². The van der Waals surface area contributed by atoms with Gasteiger partial charge in [0.05, 0.1) is 6.10 Å². The van der Waals surface area contributed by atoms with Gasteiger partial charge in [-0.3, -0.25) is 4.79 Å². The minimum atomic E-state index is 0.193. The summed E-state index contributed by atoms with van der Waals surface area (Å²) in [6.07, 6.45) is 5.55. The van der Waals surface area contributed by atoms with Gasteiger partial charge in [0.1, 0.15) is 11.5 Å². The number of carbonyl (C=O) groups excluding carboxylic acids is 1. The third kappa shape index (κ3) is 5.16. The second kappa shape index (κ2) is 8.81. The maximum atomic E-state index is 12.2. The summed E-state index contributed by atoms with van der Waals surface area (Å²) in [6.45, 7) is 1.57. The number of aryl methyl sites for hydroxylation is 1. The molecule has 2 heterocycles. The zero-order valence-corrected chi connectivity index (χ0v) is 14.8. The van der Waals surface area contributed by atoms with E-state index in [0.717, 1.165) is 62.3 Å². The number of hydrogen-bond donors (Lipinski definition) is 0. The average Bonchev–Trinajstić information content (AvgIpc) is 3.32. The van der Waals surface area contributed by atoms with Crippen molar-refractivity contribution in [1.29, 1.82) is 0 Å². The highest BCUT2D eigenvalue weighted by Crippen LogP contribution is 2.20. The SMILES string of the molecule is CN(CCCc1cc(-c2ccccc2)no1)C(=O)CC[C@@H]1CCCO1. The van der Waals surface area contributed by atoms with Gasteiger partial charge in [-0.05, 0) is 25.7 Å².